The third-order valence-corrected chi connectivity index (χ3v) is 5.06. The predicted octanol–water partition coefficient (Wildman–Crippen LogP) is 2.10. The molecule has 0 saturated heterocycles. The molecule has 10 heteroatoms. The van der Waals surface area contributed by atoms with E-state index in [2.05, 4.69) is 25.7 Å². The molecule has 2 N–H and O–H groups in total. The maximum absolute atomic E-state index is 12.4. The van der Waals surface area contributed by atoms with Crippen molar-refractivity contribution in [3.8, 4) is 0 Å². The summed E-state index contributed by atoms with van der Waals surface area (Å²) < 4.78 is 6.88. The Morgan fingerprint density at radius 2 is 1.97 bits per heavy atom. The number of methoxy groups -OCH3 is 1. The highest BCUT2D eigenvalue weighted by molar-refractivity contribution is 7.98. The number of aromatic nitrogens is 4. The number of amides is 1. The second-order valence-electron chi connectivity index (χ2n) is 6.78. The summed E-state index contributed by atoms with van der Waals surface area (Å²) in [7, 11) is 5.59. The lowest BCUT2D eigenvalue weighted by Crippen LogP contribution is -2.27. The van der Waals surface area contributed by atoms with Crippen molar-refractivity contribution < 1.29 is 9.53 Å². The van der Waals surface area contributed by atoms with Gasteiger partial charge in [0.2, 0.25) is 0 Å². The Labute approximate surface area is 180 Å². The minimum absolute atomic E-state index is 0.113. The monoisotopic (exact) mass is 429 g/mol. The van der Waals surface area contributed by atoms with Gasteiger partial charge in [-0.3, -0.25) is 4.79 Å². The van der Waals surface area contributed by atoms with Crippen molar-refractivity contribution in [3.63, 3.8) is 0 Å². The molecule has 3 aromatic rings. The summed E-state index contributed by atoms with van der Waals surface area (Å²) in [5.74, 6) is 0.621. The number of hydrogen-bond acceptors (Lipinski definition) is 8. The molecular weight excluding hydrogens is 402 g/mol. The molecule has 3 rings (SSSR count). The molecule has 2 heterocycles. The number of carbonyl (C=O) groups is 1. The number of hydrogen-bond donors (Lipinski definition) is 2. The summed E-state index contributed by atoms with van der Waals surface area (Å²) in [6.07, 6.45) is 3.68. The van der Waals surface area contributed by atoms with Gasteiger partial charge in [-0.05, 0) is 30.5 Å². The van der Waals surface area contributed by atoms with Gasteiger partial charge in [-0.2, -0.15) is 5.10 Å². The molecule has 160 valence electrons. The molecule has 1 amide bonds. The highest BCUT2D eigenvalue weighted by Gasteiger charge is 2.13. The van der Waals surface area contributed by atoms with Crippen LogP contribution >= 0.6 is 11.8 Å². The predicted molar refractivity (Wildman–Crippen MR) is 121 cm³/mol. The van der Waals surface area contributed by atoms with Gasteiger partial charge in [0, 0.05) is 45.5 Å². The number of anilines is 2. The number of ether oxygens (including phenoxy) is 1. The third kappa shape index (κ3) is 5.19. The van der Waals surface area contributed by atoms with Gasteiger partial charge in [0.25, 0.3) is 5.91 Å². The zero-order valence-electron chi connectivity index (χ0n) is 17.7. The van der Waals surface area contributed by atoms with Gasteiger partial charge in [0.05, 0.1) is 24.7 Å². The molecule has 1 aromatic carbocycles. The number of rotatable bonds is 10. The zero-order chi connectivity index (χ0) is 21.5. The lowest BCUT2D eigenvalue weighted by atomic mass is 10.2. The number of fused-ring (bicyclic) bond motifs is 1. The van der Waals surface area contributed by atoms with Gasteiger partial charge in [0.1, 0.15) is 5.82 Å². The zero-order valence-corrected chi connectivity index (χ0v) is 18.5. The van der Waals surface area contributed by atoms with E-state index in [1.165, 1.54) is 11.8 Å². The molecule has 30 heavy (non-hydrogen) atoms. The first-order valence-electron chi connectivity index (χ1n) is 9.59. The van der Waals surface area contributed by atoms with E-state index in [0.29, 0.717) is 37.0 Å². The average Bonchev–Trinajstić information content (AvgIpc) is 3.16. The molecule has 0 radical (unpaired) electrons. The van der Waals surface area contributed by atoms with E-state index < -0.39 is 0 Å². The molecule has 0 fully saturated rings. The maximum Gasteiger partial charge on any atom is 0.251 e. The molecule has 2 aromatic heterocycles. The summed E-state index contributed by atoms with van der Waals surface area (Å²) in [6.45, 7) is 2.17. The number of nitrogens with zero attached hydrogens (tertiary/aromatic N) is 5. The Kier molecular flexibility index (Phi) is 7.47. The minimum Gasteiger partial charge on any atom is -0.383 e. The van der Waals surface area contributed by atoms with Crippen LogP contribution in [-0.4, -0.2) is 72.8 Å². The van der Waals surface area contributed by atoms with Crippen LogP contribution < -0.4 is 15.5 Å². The Bertz CT molecular complexity index is 989. The van der Waals surface area contributed by atoms with Gasteiger partial charge in [-0.1, -0.05) is 11.8 Å². The van der Waals surface area contributed by atoms with Crippen molar-refractivity contribution in [2.45, 2.75) is 11.7 Å². The first kappa shape index (κ1) is 21.8. The van der Waals surface area contributed by atoms with Crippen molar-refractivity contribution in [1.82, 2.24) is 25.1 Å². The lowest BCUT2D eigenvalue weighted by molar-refractivity contribution is 0.0952. The van der Waals surface area contributed by atoms with Crippen LogP contribution in [0.2, 0.25) is 0 Å². The first-order valence-corrected chi connectivity index (χ1v) is 10.8. The third-order valence-electron chi connectivity index (χ3n) is 4.51. The summed E-state index contributed by atoms with van der Waals surface area (Å²) in [6, 6.07) is 7.50. The van der Waals surface area contributed by atoms with E-state index >= 15 is 0 Å². The van der Waals surface area contributed by atoms with Crippen LogP contribution in [-0.2, 0) is 11.3 Å². The van der Waals surface area contributed by atoms with E-state index in [1.807, 2.05) is 49.5 Å². The van der Waals surface area contributed by atoms with E-state index in [9.17, 15) is 4.79 Å². The van der Waals surface area contributed by atoms with Crippen LogP contribution in [0.15, 0.2) is 35.6 Å². The van der Waals surface area contributed by atoms with Gasteiger partial charge in [-0.25, -0.2) is 14.6 Å². The fourth-order valence-corrected chi connectivity index (χ4v) is 3.25. The summed E-state index contributed by atoms with van der Waals surface area (Å²) >= 11 is 1.47. The summed E-state index contributed by atoms with van der Waals surface area (Å²) in [5, 5.41) is 12.2. The van der Waals surface area contributed by atoms with Crippen LogP contribution in [0.4, 0.5) is 11.5 Å². The molecule has 0 spiro atoms. The second-order valence-corrected chi connectivity index (χ2v) is 7.55. The summed E-state index contributed by atoms with van der Waals surface area (Å²) in [4.78, 5) is 23.5. The summed E-state index contributed by atoms with van der Waals surface area (Å²) in [5.41, 5.74) is 2.41. The molecule has 0 atom stereocenters. The quantitative estimate of drug-likeness (QED) is 0.287. The molecule has 0 unspecified atom stereocenters. The number of nitrogens with one attached hydrogen (secondary N) is 2. The van der Waals surface area contributed by atoms with Gasteiger partial charge in [0.15, 0.2) is 10.8 Å². The molecule has 0 saturated carbocycles. The molecule has 0 aliphatic heterocycles. The Balaban J connectivity index is 1.67. The van der Waals surface area contributed by atoms with Gasteiger partial charge >= 0.3 is 0 Å². The number of thioether (sulfide) groups is 1. The van der Waals surface area contributed by atoms with Crippen LogP contribution in [0.5, 0.6) is 0 Å². The van der Waals surface area contributed by atoms with Gasteiger partial charge in [-0.15, -0.1) is 0 Å². The highest BCUT2D eigenvalue weighted by Crippen LogP contribution is 2.23. The molecular formula is C20H27N7O2S. The van der Waals surface area contributed by atoms with Crippen LogP contribution in [0.3, 0.4) is 0 Å². The fourth-order valence-electron chi connectivity index (χ4n) is 2.88. The Morgan fingerprint density at radius 3 is 2.63 bits per heavy atom. The maximum atomic E-state index is 12.4. The van der Waals surface area contributed by atoms with Crippen molar-refractivity contribution in [1.29, 1.82) is 0 Å². The van der Waals surface area contributed by atoms with Crippen LogP contribution in [0.1, 0.15) is 10.4 Å². The second kappa shape index (κ2) is 10.3. The largest absolute Gasteiger partial charge is 0.383 e. The Morgan fingerprint density at radius 1 is 1.20 bits per heavy atom. The topological polar surface area (TPSA) is 97.2 Å². The van der Waals surface area contributed by atoms with E-state index in [0.717, 1.165) is 22.5 Å². The molecule has 0 bridgehead atoms. The lowest BCUT2D eigenvalue weighted by Gasteiger charge is -2.12. The first-order chi connectivity index (χ1) is 14.5. The van der Waals surface area contributed by atoms with Crippen LogP contribution in [0, 0.1) is 0 Å². The average molecular weight is 430 g/mol. The molecule has 9 nitrogen and oxygen atoms in total. The van der Waals surface area contributed by atoms with Crippen molar-refractivity contribution in [2.24, 2.45) is 0 Å². The number of carbonyl (C=O) groups excluding carboxylic acids is 1. The normalized spacial score (nSPS) is 10.9. The SMILES string of the molecule is COCCNc1nc(SC)nc2c1cnn2CCNC(=O)c1ccc(N(C)C)cc1. The highest BCUT2D eigenvalue weighted by atomic mass is 32.2. The van der Waals surface area contributed by atoms with Crippen molar-refractivity contribution in [2.75, 3.05) is 57.4 Å². The van der Waals surface area contributed by atoms with Crippen molar-refractivity contribution in [3.05, 3.63) is 36.0 Å². The van der Waals surface area contributed by atoms with Crippen LogP contribution in [0.25, 0.3) is 11.0 Å². The molecule has 0 aliphatic carbocycles. The van der Waals surface area contributed by atoms with E-state index in [1.54, 1.807) is 18.0 Å². The van der Waals surface area contributed by atoms with E-state index in [-0.39, 0.29) is 5.91 Å². The minimum atomic E-state index is -0.113. The smallest absolute Gasteiger partial charge is 0.251 e. The van der Waals surface area contributed by atoms with E-state index in [4.69, 9.17) is 4.74 Å². The Hall–Kier alpha value is -2.85. The van der Waals surface area contributed by atoms with Crippen molar-refractivity contribution >= 4 is 40.2 Å². The number of benzene rings is 1. The van der Waals surface area contributed by atoms with Gasteiger partial charge < -0.3 is 20.3 Å². The fraction of sp³-hybridized carbons (Fsp3) is 0.400. The molecule has 0 aliphatic rings. The standard InChI is InChI=1S/C20H27N7O2S/c1-26(2)15-7-5-14(6-8-15)19(28)22-9-11-27-18-16(13-23-27)17(21-10-12-29-3)24-20(25-18)30-4/h5-8,13H,9-12H2,1-4H3,(H,22,28)(H,21,24,25).